The Kier molecular flexibility index (Phi) is 3.43. The molecular weight excluding hydrogens is 226 g/mol. The summed E-state index contributed by atoms with van der Waals surface area (Å²) in [6.07, 6.45) is 1.47. The third-order valence-electron chi connectivity index (χ3n) is 1.89. The summed E-state index contributed by atoms with van der Waals surface area (Å²) in [5.41, 5.74) is 8.16. The fourth-order valence-electron chi connectivity index (χ4n) is 1.19. The molecule has 7 heteroatoms. The second kappa shape index (κ2) is 4.26. The normalized spacial score (nSPS) is 13.9. The first kappa shape index (κ1) is 12.1. The quantitative estimate of drug-likeness (QED) is 0.420. The van der Waals surface area contributed by atoms with Gasteiger partial charge in [0.15, 0.2) is 0 Å². The van der Waals surface area contributed by atoms with Gasteiger partial charge in [-0.25, -0.2) is 10.4 Å². The molecule has 0 aliphatic rings. The van der Waals surface area contributed by atoms with Crippen LogP contribution in [0.5, 0.6) is 0 Å². The monoisotopic (exact) mass is 236 g/mol. The Hall–Kier alpha value is -0.980. The molecule has 1 rings (SSSR count). The number of anilines is 1. The number of hydrogen-bond acceptors (Lipinski definition) is 4. The Morgan fingerprint density at radius 3 is 2.67 bits per heavy atom. The second-order valence-electron chi connectivity index (χ2n) is 3.13. The molecule has 4 nitrogen and oxygen atoms in total. The highest BCUT2D eigenvalue weighted by Gasteiger charge is 2.39. The highest BCUT2D eigenvalue weighted by Crippen LogP contribution is 2.36. The van der Waals surface area contributed by atoms with Crippen molar-refractivity contribution >= 4 is 17.4 Å². The van der Waals surface area contributed by atoms with Gasteiger partial charge in [-0.3, -0.25) is 5.84 Å². The van der Waals surface area contributed by atoms with Crippen LogP contribution in [0.3, 0.4) is 0 Å². The number of halogens is 3. The standard InChI is InChI=1S/C8H11ClF2N4/c1-4-2-5(7(12)14-3-4)6(15-13)8(9,10)11/h2-3,6,15H,13H2,1H3,(H2,12,14). The number of hydrazine groups is 1. The number of aryl methyl sites for hydroxylation is 1. The summed E-state index contributed by atoms with van der Waals surface area (Å²) in [5, 5.41) is -3.53. The zero-order valence-electron chi connectivity index (χ0n) is 7.97. The van der Waals surface area contributed by atoms with Gasteiger partial charge in [0, 0.05) is 11.8 Å². The molecule has 5 N–H and O–H groups in total. The van der Waals surface area contributed by atoms with E-state index in [0.717, 1.165) is 0 Å². The lowest BCUT2D eigenvalue weighted by atomic mass is 10.1. The Balaban J connectivity index is 3.18. The van der Waals surface area contributed by atoms with Crippen LogP contribution >= 0.6 is 11.6 Å². The summed E-state index contributed by atoms with van der Waals surface area (Å²) in [6, 6.07) is -0.102. The van der Waals surface area contributed by atoms with Gasteiger partial charge in [0.25, 0.3) is 0 Å². The molecule has 0 saturated carbocycles. The minimum absolute atomic E-state index is 0.0242. The smallest absolute Gasteiger partial charge is 0.342 e. The van der Waals surface area contributed by atoms with Gasteiger partial charge in [-0.15, -0.1) is 0 Å². The SMILES string of the molecule is Cc1cnc(N)c(C(NN)C(F)(F)Cl)c1. The van der Waals surface area contributed by atoms with Crippen molar-refractivity contribution in [2.75, 3.05) is 5.73 Å². The minimum Gasteiger partial charge on any atom is -0.383 e. The molecule has 0 aliphatic heterocycles. The maximum Gasteiger partial charge on any atom is 0.342 e. The maximum absolute atomic E-state index is 12.9. The van der Waals surface area contributed by atoms with Crippen LogP contribution in [-0.2, 0) is 0 Å². The Labute approximate surface area is 90.6 Å². The van der Waals surface area contributed by atoms with Crippen molar-refractivity contribution < 1.29 is 8.78 Å². The van der Waals surface area contributed by atoms with E-state index in [-0.39, 0.29) is 11.4 Å². The van der Waals surface area contributed by atoms with Gasteiger partial charge >= 0.3 is 5.38 Å². The first-order chi connectivity index (χ1) is 6.86. The van der Waals surface area contributed by atoms with E-state index in [1.165, 1.54) is 12.3 Å². The number of rotatable bonds is 3. The Morgan fingerprint density at radius 1 is 1.60 bits per heavy atom. The number of nitrogens with one attached hydrogen (secondary N) is 1. The molecule has 0 bridgehead atoms. The predicted octanol–water partition coefficient (Wildman–Crippen LogP) is 1.31. The second-order valence-corrected chi connectivity index (χ2v) is 3.63. The van der Waals surface area contributed by atoms with Crippen LogP contribution in [0.2, 0.25) is 0 Å². The molecule has 1 unspecified atom stereocenters. The van der Waals surface area contributed by atoms with Gasteiger partial charge < -0.3 is 5.73 Å². The van der Waals surface area contributed by atoms with Gasteiger partial charge in [-0.05, 0) is 30.2 Å². The van der Waals surface area contributed by atoms with Crippen molar-refractivity contribution in [2.45, 2.75) is 18.3 Å². The van der Waals surface area contributed by atoms with Gasteiger partial charge in [-0.2, -0.15) is 8.78 Å². The molecule has 1 atom stereocenters. The summed E-state index contributed by atoms with van der Waals surface area (Å²) in [4.78, 5) is 3.75. The molecule has 0 saturated heterocycles. The summed E-state index contributed by atoms with van der Waals surface area (Å²) >= 11 is 4.90. The molecule has 0 aliphatic carbocycles. The van der Waals surface area contributed by atoms with Gasteiger partial charge in [0.1, 0.15) is 11.9 Å². The summed E-state index contributed by atoms with van der Waals surface area (Å²) in [7, 11) is 0. The van der Waals surface area contributed by atoms with Crippen molar-refractivity contribution in [2.24, 2.45) is 5.84 Å². The van der Waals surface area contributed by atoms with E-state index in [1.54, 1.807) is 6.92 Å². The fraction of sp³-hybridized carbons (Fsp3) is 0.375. The molecule has 0 fully saturated rings. The molecule has 1 aromatic heterocycles. The van der Waals surface area contributed by atoms with E-state index in [0.29, 0.717) is 5.56 Å². The van der Waals surface area contributed by atoms with Gasteiger partial charge in [-0.1, -0.05) is 0 Å². The maximum atomic E-state index is 12.9. The largest absolute Gasteiger partial charge is 0.383 e. The van der Waals surface area contributed by atoms with E-state index in [9.17, 15) is 8.78 Å². The molecular formula is C8H11ClF2N4. The zero-order valence-corrected chi connectivity index (χ0v) is 8.72. The number of hydrogen-bond donors (Lipinski definition) is 3. The lowest BCUT2D eigenvalue weighted by Gasteiger charge is -2.22. The molecule has 0 spiro atoms. The third-order valence-corrected chi connectivity index (χ3v) is 2.11. The highest BCUT2D eigenvalue weighted by atomic mass is 35.5. The van der Waals surface area contributed by atoms with E-state index in [1.807, 2.05) is 5.43 Å². The van der Waals surface area contributed by atoms with Gasteiger partial charge in [0.2, 0.25) is 0 Å². The van der Waals surface area contributed by atoms with E-state index in [4.69, 9.17) is 23.2 Å². The van der Waals surface area contributed by atoms with Crippen molar-refractivity contribution in [3.05, 3.63) is 23.4 Å². The van der Waals surface area contributed by atoms with Crippen molar-refractivity contribution in [3.63, 3.8) is 0 Å². The number of nitrogens with zero attached hydrogens (tertiary/aromatic N) is 1. The van der Waals surface area contributed by atoms with Crippen molar-refractivity contribution in [1.29, 1.82) is 0 Å². The molecule has 15 heavy (non-hydrogen) atoms. The van der Waals surface area contributed by atoms with Crippen LogP contribution in [-0.4, -0.2) is 10.4 Å². The zero-order chi connectivity index (χ0) is 11.6. The molecule has 84 valence electrons. The van der Waals surface area contributed by atoms with Crippen LogP contribution in [0.1, 0.15) is 17.2 Å². The first-order valence-electron chi connectivity index (χ1n) is 4.11. The molecule has 0 amide bonds. The minimum atomic E-state index is -3.53. The number of nitrogens with two attached hydrogens (primary N) is 2. The lowest BCUT2D eigenvalue weighted by molar-refractivity contribution is 0.0499. The fourth-order valence-corrected chi connectivity index (χ4v) is 1.37. The summed E-state index contributed by atoms with van der Waals surface area (Å²) in [6.45, 7) is 1.70. The molecule has 1 aromatic rings. The average Bonchev–Trinajstić information content (AvgIpc) is 2.10. The molecule has 0 aromatic carbocycles. The van der Waals surface area contributed by atoms with E-state index < -0.39 is 11.4 Å². The number of aromatic nitrogens is 1. The Bertz CT molecular complexity index is 353. The van der Waals surface area contributed by atoms with Crippen LogP contribution in [0.15, 0.2) is 12.3 Å². The van der Waals surface area contributed by atoms with Crippen LogP contribution in [0.25, 0.3) is 0 Å². The topological polar surface area (TPSA) is 77.0 Å². The lowest BCUT2D eigenvalue weighted by Crippen LogP contribution is -2.38. The molecule has 1 heterocycles. The van der Waals surface area contributed by atoms with E-state index in [2.05, 4.69) is 4.98 Å². The predicted molar refractivity (Wildman–Crippen MR) is 54.3 cm³/mol. The van der Waals surface area contributed by atoms with Gasteiger partial charge in [0.05, 0.1) is 0 Å². The van der Waals surface area contributed by atoms with Crippen molar-refractivity contribution in [3.8, 4) is 0 Å². The summed E-state index contributed by atoms with van der Waals surface area (Å²) < 4.78 is 25.8. The van der Waals surface area contributed by atoms with E-state index >= 15 is 0 Å². The van der Waals surface area contributed by atoms with Crippen LogP contribution in [0.4, 0.5) is 14.6 Å². The third kappa shape index (κ3) is 2.74. The van der Waals surface area contributed by atoms with Crippen molar-refractivity contribution in [1.82, 2.24) is 10.4 Å². The molecule has 0 radical (unpaired) electrons. The first-order valence-corrected chi connectivity index (χ1v) is 4.49. The summed E-state index contributed by atoms with van der Waals surface area (Å²) in [5.74, 6) is 4.99. The Morgan fingerprint density at radius 2 is 2.20 bits per heavy atom. The number of pyridine rings is 1. The van der Waals surface area contributed by atoms with Crippen LogP contribution < -0.4 is 17.0 Å². The number of alkyl halides is 3. The highest BCUT2D eigenvalue weighted by molar-refractivity contribution is 6.22. The van der Waals surface area contributed by atoms with Crippen LogP contribution in [0, 0.1) is 6.92 Å². The average molecular weight is 237 g/mol. The number of nitrogen functional groups attached to an aromatic ring is 1.